The first-order chi connectivity index (χ1) is 9.15. The van der Waals surface area contributed by atoms with Crippen LogP contribution in [0.4, 0.5) is 5.95 Å². The number of anilines is 1. The average Bonchev–Trinajstić information content (AvgIpc) is 2.72. The highest BCUT2D eigenvalue weighted by Gasteiger charge is 2.11. The first kappa shape index (κ1) is 12.9. The molecule has 0 fully saturated rings. The van der Waals surface area contributed by atoms with E-state index in [0.29, 0.717) is 23.1 Å². The molecule has 0 aliphatic rings. The molecule has 1 aromatic carbocycles. The fourth-order valence-corrected chi connectivity index (χ4v) is 1.84. The van der Waals surface area contributed by atoms with Gasteiger partial charge < -0.3 is 15.6 Å². The number of carbonyl (C=O) groups is 1. The predicted octanol–water partition coefficient (Wildman–Crippen LogP) is 1.02. The molecule has 1 aromatic heterocycles. The van der Waals surface area contributed by atoms with Crippen LogP contribution in [-0.2, 0) is 11.3 Å². The monoisotopic (exact) mass is 257 g/mol. The number of hydrogen-bond acceptors (Lipinski definition) is 4. The number of benzene rings is 1. The summed E-state index contributed by atoms with van der Waals surface area (Å²) in [6.45, 7) is 2.73. The van der Waals surface area contributed by atoms with Crippen LogP contribution in [0.15, 0.2) is 18.2 Å². The minimum Gasteiger partial charge on any atom is -0.369 e. The third-order valence-corrected chi connectivity index (χ3v) is 2.78. The first-order valence-electron chi connectivity index (χ1n) is 6.08. The summed E-state index contributed by atoms with van der Waals surface area (Å²) in [6.07, 6.45) is 0.879. The topological polar surface area (TPSA) is 96.7 Å². The number of carbonyl (C=O) groups excluding carboxylic acids is 1. The highest BCUT2D eigenvalue weighted by molar-refractivity contribution is 5.83. The van der Waals surface area contributed by atoms with Crippen molar-refractivity contribution < 1.29 is 4.79 Å². The molecule has 3 N–H and O–H groups in total. The fraction of sp³-hybridized carbons (Fsp3) is 0.308. The maximum Gasteiger partial charge on any atom is 0.240 e. The zero-order valence-corrected chi connectivity index (χ0v) is 10.7. The number of nitrogens with two attached hydrogens (primary N) is 1. The van der Waals surface area contributed by atoms with Crippen LogP contribution in [0.1, 0.15) is 18.9 Å². The lowest BCUT2D eigenvalue weighted by Gasteiger charge is -2.07. The summed E-state index contributed by atoms with van der Waals surface area (Å²) in [7, 11) is 0. The second-order valence-electron chi connectivity index (χ2n) is 4.22. The molecule has 1 amide bonds. The summed E-state index contributed by atoms with van der Waals surface area (Å²) in [5, 5.41) is 11.7. The second-order valence-corrected chi connectivity index (χ2v) is 4.22. The van der Waals surface area contributed by atoms with Gasteiger partial charge >= 0.3 is 0 Å². The van der Waals surface area contributed by atoms with Crippen molar-refractivity contribution in [1.82, 2.24) is 14.9 Å². The number of nitrogen functional groups attached to an aromatic ring is 1. The van der Waals surface area contributed by atoms with Crippen LogP contribution >= 0.6 is 0 Å². The zero-order valence-electron chi connectivity index (χ0n) is 10.7. The number of amides is 1. The maximum absolute atomic E-state index is 11.7. The molecule has 0 saturated carbocycles. The van der Waals surface area contributed by atoms with E-state index in [0.717, 1.165) is 6.42 Å². The Hall–Kier alpha value is -2.55. The lowest BCUT2D eigenvalue weighted by atomic mass is 10.2. The van der Waals surface area contributed by atoms with Crippen molar-refractivity contribution in [3.8, 4) is 6.07 Å². The van der Waals surface area contributed by atoms with Gasteiger partial charge in [-0.3, -0.25) is 4.79 Å². The maximum atomic E-state index is 11.7. The quantitative estimate of drug-likeness (QED) is 0.854. The number of nitrogens with one attached hydrogen (secondary N) is 1. The highest BCUT2D eigenvalue weighted by Crippen LogP contribution is 2.19. The number of nitrogens with zero attached hydrogens (tertiary/aromatic N) is 3. The smallest absolute Gasteiger partial charge is 0.240 e. The number of imidazole rings is 1. The van der Waals surface area contributed by atoms with E-state index in [1.165, 1.54) is 0 Å². The van der Waals surface area contributed by atoms with E-state index in [-0.39, 0.29) is 18.4 Å². The lowest BCUT2D eigenvalue weighted by molar-refractivity contribution is -0.121. The van der Waals surface area contributed by atoms with Crippen LogP contribution in [-0.4, -0.2) is 22.0 Å². The van der Waals surface area contributed by atoms with Crippen molar-refractivity contribution in [2.45, 2.75) is 19.9 Å². The molecule has 0 bridgehead atoms. The molecule has 2 rings (SSSR count). The van der Waals surface area contributed by atoms with E-state index < -0.39 is 0 Å². The number of hydrogen-bond donors (Lipinski definition) is 2. The van der Waals surface area contributed by atoms with Gasteiger partial charge in [-0.2, -0.15) is 5.26 Å². The minimum absolute atomic E-state index is 0.108. The Morgan fingerprint density at radius 3 is 3.05 bits per heavy atom. The van der Waals surface area contributed by atoms with Crippen LogP contribution in [0.3, 0.4) is 0 Å². The third-order valence-electron chi connectivity index (χ3n) is 2.78. The van der Waals surface area contributed by atoms with Gasteiger partial charge in [-0.15, -0.1) is 0 Å². The van der Waals surface area contributed by atoms with E-state index >= 15 is 0 Å². The number of aromatic nitrogens is 2. The SMILES string of the molecule is CCCNC(=O)Cn1c(N)nc2ccc(C#N)cc21. The van der Waals surface area contributed by atoms with Crippen molar-refractivity contribution in [2.75, 3.05) is 12.3 Å². The molecule has 6 nitrogen and oxygen atoms in total. The van der Waals surface area contributed by atoms with Gasteiger partial charge in [-0.1, -0.05) is 6.92 Å². The van der Waals surface area contributed by atoms with Gasteiger partial charge in [0.25, 0.3) is 0 Å². The van der Waals surface area contributed by atoms with E-state index in [1.807, 2.05) is 6.92 Å². The highest BCUT2D eigenvalue weighted by atomic mass is 16.1. The van der Waals surface area contributed by atoms with Crippen LogP contribution in [0.2, 0.25) is 0 Å². The van der Waals surface area contributed by atoms with Crippen LogP contribution in [0.5, 0.6) is 0 Å². The Balaban J connectivity index is 2.34. The molecule has 98 valence electrons. The third kappa shape index (κ3) is 2.65. The standard InChI is InChI=1S/C13H15N5O/c1-2-5-16-12(19)8-18-11-6-9(7-14)3-4-10(11)17-13(18)15/h3-4,6H,2,5,8H2,1H3,(H2,15,17)(H,16,19). The first-order valence-corrected chi connectivity index (χ1v) is 6.08. The molecule has 2 aromatic rings. The summed E-state index contributed by atoms with van der Waals surface area (Å²) < 4.78 is 1.61. The lowest BCUT2D eigenvalue weighted by Crippen LogP contribution is -2.28. The number of nitriles is 1. The molecule has 0 unspecified atom stereocenters. The van der Waals surface area contributed by atoms with Gasteiger partial charge in [0, 0.05) is 6.54 Å². The summed E-state index contributed by atoms with van der Waals surface area (Å²) in [5.41, 5.74) is 7.70. The molecule has 0 spiro atoms. The van der Waals surface area contributed by atoms with Gasteiger partial charge in [0.2, 0.25) is 11.9 Å². The second kappa shape index (κ2) is 5.40. The van der Waals surface area contributed by atoms with Crippen LogP contribution in [0.25, 0.3) is 11.0 Å². The van der Waals surface area contributed by atoms with E-state index in [9.17, 15) is 4.79 Å². The molecule has 19 heavy (non-hydrogen) atoms. The Bertz CT molecular complexity index is 653. The molecule has 0 aliphatic heterocycles. The van der Waals surface area contributed by atoms with Crippen molar-refractivity contribution in [3.63, 3.8) is 0 Å². The summed E-state index contributed by atoms with van der Waals surface area (Å²) in [6, 6.07) is 7.15. The number of fused-ring (bicyclic) bond motifs is 1. The Labute approximate surface area is 110 Å². The van der Waals surface area contributed by atoms with Gasteiger partial charge in [0.05, 0.1) is 22.7 Å². The molecule has 0 aliphatic carbocycles. The zero-order chi connectivity index (χ0) is 13.8. The summed E-state index contributed by atoms with van der Waals surface area (Å²) in [5.74, 6) is 0.159. The van der Waals surface area contributed by atoms with E-state index in [1.54, 1.807) is 22.8 Å². The molecular weight excluding hydrogens is 242 g/mol. The van der Waals surface area contributed by atoms with Crippen molar-refractivity contribution >= 4 is 22.9 Å². The van der Waals surface area contributed by atoms with Crippen molar-refractivity contribution in [3.05, 3.63) is 23.8 Å². The molecule has 0 radical (unpaired) electrons. The van der Waals surface area contributed by atoms with E-state index in [4.69, 9.17) is 11.0 Å². The van der Waals surface area contributed by atoms with Crippen molar-refractivity contribution in [2.24, 2.45) is 0 Å². The fourth-order valence-electron chi connectivity index (χ4n) is 1.84. The Morgan fingerprint density at radius 1 is 1.58 bits per heavy atom. The summed E-state index contributed by atoms with van der Waals surface area (Å²) >= 11 is 0. The van der Waals surface area contributed by atoms with Gasteiger partial charge in [-0.25, -0.2) is 4.98 Å². The molecule has 1 heterocycles. The molecule has 0 saturated heterocycles. The number of rotatable bonds is 4. The predicted molar refractivity (Wildman–Crippen MR) is 72.2 cm³/mol. The van der Waals surface area contributed by atoms with Crippen molar-refractivity contribution in [1.29, 1.82) is 5.26 Å². The Morgan fingerprint density at radius 2 is 2.37 bits per heavy atom. The molecule has 0 atom stereocenters. The van der Waals surface area contributed by atoms with Gasteiger partial charge in [0.1, 0.15) is 6.54 Å². The van der Waals surface area contributed by atoms with Crippen LogP contribution < -0.4 is 11.1 Å². The largest absolute Gasteiger partial charge is 0.369 e. The molecular formula is C13H15N5O. The normalized spacial score (nSPS) is 10.3. The van der Waals surface area contributed by atoms with Gasteiger partial charge in [-0.05, 0) is 24.6 Å². The van der Waals surface area contributed by atoms with E-state index in [2.05, 4.69) is 16.4 Å². The minimum atomic E-state index is -0.116. The molecule has 6 heteroatoms. The summed E-state index contributed by atoms with van der Waals surface area (Å²) in [4.78, 5) is 15.9. The average molecular weight is 257 g/mol. The Kier molecular flexibility index (Phi) is 3.66. The van der Waals surface area contributed by atoms with Crippen LogP contribution in [0, 0.1) is 11.3 Å². The van der Waals surface area contributed by atoms with Gasteiger partial charge in [0.15, 0.2) is 0 Å².